The first kappa shape index (κ1) is 23.2. The van der Waals surface area contributed by atoms with Crippen LogP contribution < -0.4 is 5.73 Å². The zero-order chi connectivity index (χ0) is 24.1. The summed E-state index contributed by atoms with van der Waals surface area (Å²) in [5.74, 6) is -0.854. The van der Waals surface area contributed by atoms with Gasteiger partial charge < -0.3 is 15.4 Å². The highest BCUT2D eigenvalue weighted by molar-refractivity contribution is 5.96. The Kier molecular flexibility index (Phi) is 7.07. The van der Waals surface area contributed by atoms with E-state index in [1.54, 1.807) is 12.1 Å². The lowest BCUT2D eigenvalue weighted by Gasteiger charge is -2.30. The monoisotopic (exact) mass is 455 g/mol. The van der Waals surface area contributed by atoms with E-state index >= 15 is 0 Å². The van der Waals surface area contributed by atoms with Crippen LogP contribution in [0.1, 0.15) is 34.3 Å². The van der Waals surface area contributed by atoms with E-state index in [0.717, 1.165) is 29.5 Å². The predicted molar refractivity (Wildman–Crippen MR) is 133 cm³/mol. The highest BCUT2D eigenvalue weighted by Crippen LogP contribution is 2.30. The highest BCUT2D eigenvalue weighted by Gasteiger charge is 2.39. The summed E-state index contributed by atoms with van der Waals surface area (Å²) in [6.45, 7) is 0.612. The maximum atomic E-state index is 13.4. The zero-order valence-corrected chi connectivity index (χ0v) is 19.2. The molecule has 1 saturated heterocycles. The number of hydrogen-bond acceptors (Lipinski definition) is 4. The van der Waals surface area contributed by atoms with E-state index in [4.69, 9.17) is 15.9 Å². The predicted octanol–water partition coefficient (Wildman–Crippen LogP) is 4.27. The minimum Gasteiger partial charge on any atom is -0.469 e. The normalized spacial score (nSPS) is 16.1. The molecule has 0 saturated carbocycles. The number of amidine groups is 1. The number of nitrogens with zero attached hydrogens (tertiary/aromatic N) is 1. The van der Waals surface area contributed by atoms with Crippen molar-refractivity contribution in [1.82, 2.24) is 4.90 Å². The second-order valence-corrected chi connectivity index (χ2v) is 8.60. The van der Waals surface area contributed by atoms with Gasteiger partial charge in [-0.3, -0.25) is 15.0 Å². The minimum atomic E-state index is -0.469. The number of ether oxygens (including phenoxy) is 1. The Morgan fingerprint density at radius 3 is 2.21 bits per heavy atom. The third kappa shape index (κ3) is 5.01. The van der Waals surface area contributed by atoms with Crippen LogP contribution in [-0.4, -0.2) is 42.3 Å². The molecule has 6 nitrogen and oxygen atoms in total. The quantitative estimate of drug-likeness (QED) is 0.316. The van der Waals surface area contributed by atoms with E-state index in [-0.39, 0.29) is 23.8 Å². The molecular weight excluding hydrogens is 426 g/mol. The number of nitrogens with two attached hydrogens (primary N) is 1. The van der Waals surface area contributed by atoms with E-state index in [2.05, 4.69) is 0 Å². The second kappa shape index (κ2) is 10.3. The first-order valence-electron chi connectivity index (χ1n) is 11.5. The fourth-order valence-electron chi connectivity index (χ4n) is 4.67. The molecule has 3 aromatic carbocycles. The molecule has 34 heavy (non-hydrogen) atoms. The Bertz CT molecular complexity index is 1160. The van der Waals surface area contributed by atoms with Crippen LogP contribution in [0.15, 0.2) is 78.9 Å². The number of carbonyl (C=O) groups is 2. The lowest BCUT2D eigenvalue weighted by Crippen LogP contribution is -2.44. The molecule has 1 heterocycles. The van der Waals surface area contributed by atoms with Crippen LogP contribution in [0.2, 0.25) is 0 Å². The molecule has 1 fully saturated rings. The number of amides is 1. The molecule has 1 aliphatic heterocycles. The Morgan fingerprint density at radius 2 is 1.59 bits per heavy atom. The number of esters is 1. The van der Waals surface area contributed by atoms with E-state index in [1.165, 1.54) is 7.11 Å². The Hall–Kier alpha value is -3.93. The van der Waals surface area contributed by atoms with Gasteiger partial charge in [-0.15, -0.1) is 0 Å². The van der Waals surface area contributed by atoms with Crippen molar-refractivity contribution in [2.24, 2.45) is 11.7 Å². The summed E-state index contributed by atoms with van der Waals surface area (Å²) in [5.41, 5.74) is 9.88. The van der Waals surface area contributed by atoms with Crippen LogP contribution in [0.25, 0.3) is 11.1 Å². The van der Waals surface area contributed by atoms with Gasteiger partial charge in [0, 0.05) is 23.7 Å². The molecule has 0 unspecified atom stereocenters. The number of benzene rings is 3. The lowest BCUT2D eigenvalue weighted by molar-refractivity contribution is -0.147. The van der Waals surface area contributed by atoms with Gasteiger partial charge in [-0.25, -0.2) is 0 Å². The molecule has 0 aliphatic carbocycles. The van der Waals surface area contributed by atoms with Crippen LogP contribution in [0.5, 0.6) is 0 Å². The molecule has 0 radical (unpaired) electrons. The maximum absolute atomic E-state index is 13.4. The Morgan fingerprint density at radius 1 is 0.971 bits per heavy atom. The first-order chi connectivity index (χ1) is 16.5. The zero-order valence-electron chi connectivity index (χ0n) is 19.2. The number of rotatable bonds is 7. The molecule has 0 bridgehead atoms. The molecule has 3 N–H and O–H groups in total. The van der Waals surface area contributed by atoms with Crippen molar-refractivity contribution in [3.63, 3.8) is 0 Å². The van der Waals surface area contributed by atoms with Gasteiger partial charge in [-0.1, -0.05) is 66.7 Å². The van der Waals surface area contributed by atoms with Gasteiger partial charge >= 0.3 is 5.97 Å². The molecule has 1 aliphatic rings. The largest absolute Gasteiger partial charge is 0.469 e. The van der Waals surface area contributed by atoms with Gasteiger partial charge in [0.05, 0.1) is 13.0 Å². The Labute approximate surface area is 199 Å². The molecule has 0 spiro atoms. The van der Waals surface area contributed by atoms with Crippen LogP contribution in [0, 0.1) is 11.3 Å². The number of nitrogens with one attached hydrogen (secondary N) is 1. The van der Waals surface area contributed by atoms with Crippen LogP contribution >= 0.6 is 0 Å². The minimum absolute atomic E-state index is 0.00177. The fraction of sp³-hybridized carbons (Fsp3) is 0.250. The van der Waals surface area contributed by atoms with E-state index in [1.807, 2.05) is 71.6 Å². The summed E-state index contributed by atoms with van der Waals surface area (Å²) in [7, 11) is 1.39. The molecule has 1 amide bonds. The third-order valence-electron chi connectivity index (χ3n) is 6.49. The molecule has 2 atom stereocenters. The van der Waals surface area contributed by atoms with Crippen molar-refractivity contribution in [2.45, 2.75) is 25.3 Å². The summed E-state index contributed by atoms with van der Waals surface area (Å²) >= 11 is 0. The lowest BCUT2D eigenvalue weighted by atomic mass is 9.90. The average Bonchev–Trinajstić information content (AvgIpc) is 3.37. The number of nitrogen functional groups attached to an aromatic ring is 1. The van der Waals surface area contributed by atoms with Crippen molar-refractivity contribution in [2.75, 3.05) is 13.7 Å². The van der Waals surface area contributed by atoms with Gasteiger partial charge in [-0.2, -0.15) is 0 Å². The standard InChI is InChI=1S/C28H29N3O3/c1-34-28(33)24(18-19-9-11-22(12-10-19)26(29)30)25-8-5-17-31(25)27(32)23-15-13-21(14-16-23)20-6-3-2-4-7-20/h2-4,6-7,9-16,24-25H,5,8,17-18H2,1H3,(H3,29,30)/t24-,25-/m1/s1. The fourth-order valence-corrected chi connectivity index (χ4v) is 4.67. The van der Waals surface area contributed by atoms with Gasteiger partial charge in [0.2, 0.25) is 0 Å². The van der Waals surface area contributed by atoms with Crippen molar-refractivity contribution in [1.29, 1.82) is 5.41 Å². The van der Waals surface area contributed by atoms with Crippen LogP contribution in [-0.2, 0) is 16.0 Å². The molecule has 6 heteroatoms. The topological polar surface area (TPSA) is 96.5 Å². The summed E-state index contributed by atoms with van der Waals surface area (Å²) in [4.78, 5) is 28.0. The van der Waals surface area contributed by atoms with E-state index < -0.39 is 5.92 Å². The van der Waals surface area contributed by atoms with Crippen molar-refractivity contribution in [3.05, 3.63) is 95.6 Å². The molecule has 174 valence electrons. The molecule has 3 aromatic rings. The smallest absolute Gasteiger partial charge is 0.311 e. The highest BCUT2D eigenvalue weighted by atomic mass is 16.5. The summed E-state index contributed by atoms with van der Waals surface area (Å²) < 4.78 is 5.13. The van der Waals surface area contributed by atoms with Crippen molar-refractivity contribution >= 4 is 17.7 Å². The van der Waals surface area contributed by atoms with Crippen molar-refractivity contribution in [3.8, 4) is 11.1 Å². The van der Waals surface area contributed by atoms with Gasteiger partial charge in [0.25, 0.3) is 5.91 Å². The first-order valence-corrected chi connectivity index (χ1v) is 11.5. The summed E-state index contributed by atoms with van der Waals surface area (Å²) in [5, 5.41) is 7.56. The molecular formula is C28H29N3O3. The van der Waals surface area contributed by atoms with Gasteiger partial charge in [0.15, 0.2) is 0 Å². The molecule has 0 aromatic heterocycles. The number of likely N-dealkylation sites (tertiary alicyclic amines) is 1. The average molecular weight is 456 g/mol. The maximum Gasteiger partial charge on any atom is 0.311 e. The van der Waals surface area contributed by atoms with Crippen LogP contribution in [0.4, 0.5) is 0 Å². The van der Waals surface area contributed by atoms with Crippen LogP contribution in [0.3, 0.4) is 0 Å². The number of carbonyl (C=O) groups excluding carboxylic acids is 2. The van der Waals surface area contributed by atoms with Gasteiger partial charge in [0.1, 0.15) is 5.84 Å². The summed E-state index contributed by atoms with van der Waals surface area (Å²) in [6, 6.07) is 24.7. The number of hydrogen-bond donors (Lipinski definition) is 2. The second-order valence-electron chi connectivity index (χ2n) is 8.60. The van der Waals surface area contributed by atoms with Gasteiger partial charge in [-0.05, 0) is 48.1 Å². The third-order valence-corrected chi connectivity index (χ3v) is 6.49. The van der Waals surface area contributed by atoms with Crippen molar-refractivity contribution < 1.29 is 14.3 Å². The number of methoxy groups -OCH3 is 1. The molecule has 4 rings (SSSR count). The Balaban J connectivity index is 1.54. The summed E-state index contributed by atoms with van der Waals surface area (Å²) in [6.07, 6.45) is 2.04. The SMILES string of the molecule is COC(=O)[C@H](Cc1ccc(C(=N)N)cc1)[C@H]1CCCN1C(=O)c1ccc(-c2ccccc2)cc1. The van der Waals surface area contributed by atoms with E-state index in [9.17, 15) is 9.59 Å². The van der Waals surface area contributed by atoms with E-state index in [0.29, 0.717) is 24.1 Å².